The number of hydrogen-bond acceptors (Lipinski definition) is 2. The Hall–Kier alpha value is -1.35. The monoisotopic (exact) mass is 262 g/mol. The fourth-order valence-corrected chi connectivity index (χ4v) is 2.11. The van der Waals surface area contributed by atoms with Crippen LogP contribution in [0, 0.1) is 0 Å². The smallest absolute Gasteiger partial charge is 0.244 e. The van der Waals surface area contributed by atoms with E-state index in [1.807, 2.05) is 30.3 Å². The van der Waals surface area contributed by atoms with Gasteiger partial charge in [-0.25, -0.2) is 0 Å². The molecule has 106 valence electrons. The number of nitrogens with one attached hydrogen (secondary N) is 1. The van der Waals surface area contributed by atoms with Crippen LogP contribution in [0.15, 0.2) is 30.3 Å². The highest BCUT2D eigenvalue weighted by molar-refractivity contribution is 5.97. The Morgan fingerprint density at radius 1 is 1.11 bits per heavy atom. The van der Waals surface area contributed by atoms with Crippen molar-refractivity contribution in [3.8, 4) is 0 Å². The predicted molar refractivity (Wildman–Crippen MR) is 81.0 cm³/mol. The zero-order valence-electron chi connectivity index (χ0n) is 12.1. The van der Waals surface area contributed by atoms with Crippen LogP contribution in [0.5, 0.6) is 0 Å². The number of rotatable bonds is 8. The maximum Gasteiger partial charge on any atom is 0.244 e. The summed E-state index contributed by atoms with van der Waals surface area (Å²) in [6.07, 6.45) is 5.60. The van der Waals surface area contributed by atoms with E-state index in [2.05, 4.69) is 19.2 Å². The minimum atomic E-state index is -0.734. The van der Waals surface area contributed by atoms with Gasteiger partial charge in [-0.1, -0.05) is 57.7 Å². The van der Waals surface area contributed by atoms with E-state index in [0.717, 1.165) is 44.2 Å². The van der Waals surface area contributed by atoms with Gasteiger partial charge >= 0.3 is 0 Å². The fraction of sp³-hybridized carbons (Fsp3) is 0.562. The summed E-state index contributed by atoms with van der Waals surface area (Å²) >= 11 is 0. The molecule has 0 aliphatic heterocycles. The first-order chi connectivity index (χ1) is 9.12. The first-order valence-corrected chi connectivity index (χ1v) is 7.27. The number of anilines is 1. The van der Waals surface area contributed by atoms with Gasteiger partial charge in [-0.3, -0.25) is 4.79 Å². The molecule has 0 aliphatic carbocycles. The minimum Gasteiger partial charge on any atom is -0.324 e. The van der Waals surface area contributed by atoms with Crippen LogP contribution < -0.4 is 11.1 Å². The van der Waals surface area contributed by atoms with E-state index in [9.17, 15) is 4.79 Å². The Morgan fingerprint density at radius 3 is 2.11 bits per heavy atom. The molecule has 3 N–H and O–H groups in total. The van der Waals surface area contributed by atoms with Crippen molar-refractivity contribution in [3.63, 3.8) is 0 Å². The molecule has 0 aromatic heterocycles. The average Bonchev–Trinajstić information content (AvgIpc) is 2.44. The summed E-state index contributed by atoms with van der Waals surface area (Å²) in [5.74, 6) is -0.0550. The molecule has 0 saturated heterocycles. The normalized spacial score (nSPS) is 11.3. The van der Waals surface area contributed by atoms with Crippen LogP contribution in [0.25, 0.3) is 0 Å². The molecule has 0 atom stereocenters. The summed E-state index contributed by atoms with van der Waals surface area (Å²) in [7, 11) is 0. The molecule has 1 aromatic rings. The summed E-state index contributed by atoms with van der Waals surface area (Å²) in [6.45, 7) is 4.24. The number of benzene rings is 1. The van der Waals surface area contributed by atoms with Gasteiger partial charge in [0.25, 0.3) is 0 Å². The van der Waals surface area contributed by atoms with Gasteiger partial charge in [-0.05, 0) is 25.0 Å². The second kappa shape index (κ2) is 7.95. The highest BCUT2D eigenvalue weighted by Crippen LogP contribution is 2.21. The molecule has 3 nitrogen and oxygen atoms in total. The maximum atomic E-state index is 12.4. The zero-order chi connectivity index (χ0) is 14.1. The first-order valence-electron chi connectivity index (χ1n) is 7.27. The quantitative estimate of drug-likeness (QED) is 0.750. The maximum absolute atomic E-state index is 12.4. The Balaban J connectivity index is 2.70. The molecule has 0 heterocycles. The van der Waals surface area contributed by atoms with Gasteiger partial charge in [0.1, 0.15) is 0 Å². The summed E-state index contributed by atoms with van der Waals surface area (Å²) in [5.41, 5.74) is 6.43. The molecular weight excluding hydrogens is 236 g/mol. The summed E-state index contributed by atoms with van der Waals surface area (Å²) in [6, 6.07) is 9.52. The largest absolute Gasteiger partial charge is 0.324 e. The number of amides is 1. The number of para-hydroxylation sites is 1. The lowest BCUT2D eigenvalue weighted by Gasteiger charge is -2.28. The van der Waals surface area contributed by atoms with Crippen molar-refractivity contribution in [1.82, 2.24) is 0 Å². The number of unbranched alkanes of at least 4 members (excludes halogenated alkanes) is 2. The Morgan fingerprint density at radius 2 is 1.63 bits per heavy atom. The molecule has 0 aliphatic rings. The van der Waals surface area contributed by atoms with E-state index in [1.54, 1.807) is 0 Å². The van der Waals surface area contributed by atoms with Crippen molar-refractivity contribution in [1.29, 1.82) is 0 Å². The van der Waals surface area contributed by atoms with Gasteiger partial charge in [-0.2, -0.15) is 0 Å². The van der Waals surface area contributed by atoms with Gasteiger partial charge in [0.05, 0.1) is 5.54 Å². The Bertz CT molecular complexity index is 368. The molecule has 1 aromatic carbocycles. The van der Waals surface area contributed by atoms with Crippen molar-refractivity contribution in [3.05, 3.63) is 30.3 Å². The predicted octanol–water partition coefficient (Wildman–Crippen LogP) is 3.70. The van der Waals surface area contributed by atoms with E-state index < -0.39 is 5.54 Å². The molecule has 0 radical (unpaired) electrons. The molecule has 0 spiro atoms. The molecule has 0 saturated carbocycles. The zero-order valence-corrected chi connectivity index (χ0v) is 12.1. The van der Waals surface area contributed by atoms with Crippen LogP contribution in [0.3, 0.4) is 0 Å². The molecule has 1 rings (SSSR count). The number of nitrogens with two attached hydrogens (primary N) is 1. The minimum absolute atomic E-state index is 0.0550. The lowest BCUT2D eigenvalue weighted by atomic mass is 9.87. The number of carbonyl (C=O) groups is 1. The van der Waals surface area contributed by atoms with Crippen molar-refractivity contribution in [2.24, 2.45) is 5.73 Å². The number of hydrogen-bond donors (Lipinski definition) is 2. The van der Waals surface area contributed by atoms with Crippen LogP contribution in [0.1, 0.15) is 52.4 Å². The van der Waals surface area contributed by atoms with Crippen molar-refractivity contribution in [2.45, 2.75) is 57.9 Å². The fourth-order valence-electron chi connectivity index (χ4n) is 2.11. The third-order valence-corrected chi connectivity index (χ3v) is 3.44. The van der Waals surface area contributed by atoms with Gasteiger partial charge in [0.15, 0.2) is 0 Å². The molecule has 19 heavy (non-hydrogen) atoms. The van der Waals surface area contributed by atoms with Crippen LogP contribution in [-0.2, 0) is 4.79 Å². The summed E-state index contributed by atoms with van der Waals surface area (Å²) in [5, 5.41) is 2.94. The van der Waals surface area contributed by atoms with Gasteiger partial charge in [0, 0.05) is 5.69 Å². The van der Waals surface area contributed by atoms with E-state index in [0.29, 0.717) is 0 Å². The van der Waals surface area contributed by atoms with Crippen molar-refractivity contribution >= 4 is 11.6 Å². The highest BCUT2D eigenvalue weighted by Gasteiger charge is 2.32. The van der Waals surface area contributed by atoms with E-state index in [-0.39, 0.29) is 5.91 Å². The average molecular weight is 262 g/mol. The van der Waals surface area contributed by atoms with Crippen LogP contribution in [0.4, 0.5) is 5.69 Å². The molecule has 0 bridgehead atoms. The van der Waals surface area contributed by atoms with E-state index in [1.165, 1.54) is 0 Å². The van der Waals surface area contributed by atoms with Crippen LogP contribution >= 0.6 is 0 Å². The molecule has 3 heteroatoms. The topological polar surface area (TPSA) is 55.1 Å². The molecule has 1 amide bonds. The lowest BCUT2D eigenvalue weighted by molar-refractivity contribution is -0.121. The summed E-state index contributed by atoms with van der Waals surface area (Å²) in [4.78, 5) is 12.4. The standard InChI is InChI=1S/C16H26N2O/c1-3-5-12-16(17,13-6-4-2)15(19)18-14-10-8-7-9-11-14/h7-11H,3-6,12-13,17H2,1-2H3,(H,18,19). The van der Waals surface area contributed by atoms with Gasteiger partial charge in [-0.15, -0.1) is 0 Å². The lowest BCUT2D eigenvalue weighted by Crippen LogP contribution is -2.51. The second-order valence-electron chi connectivity index (χ2n) is 5.18. The van der Waals surface area contributed by atoms with Crippen molar-refractivity contribution < 1.29 is 4.79 Å². The number of carbonyl (C=O) groups excluding carboxylic acids is 1. The summed E-state index contributed by atoms with van der Waals surface area (Å²) < 4.78 is 0. The van der Waals surface area contributed by atoms with Gasteiger partial charge in [0.2, 0.25) is 5.91 Å². The Kier molecular flexibility index (Phi) is 6.57. The van der Waals surface area contributed by atoms with E-state index in [4.69, 9.17) is 5.73 Å². The Labute approximate surface area is 116 Å². The second-order valence-corrected chi connectivity index (χ2v) is 5.18. The van der Waals surface area contributed by atoms with Gasteiger partial charge < -0.3 is 11.1 Å². The van der Waals surface area contributed by atoms with Crippen LogP contribution in [0.2, 0.25) is 0 Å². The third kappa shape index (κ3) is 5.03. The third-order valence-electron chi connectivity index (χ3n) is 3.44. The first kappa shape index (κ1) is 15.7. The van der Waals surface area contributed by atoms with Crippen molar-refractivity contribution in [2.75, 3.05) is 5.32 Å². The highest BCUT2D eigenvalue weighted by atomic mass is 16.2. The molecular formula is C16H26N2O. The SMILES string of the molecule is CCCCC(N)(CCCC)C(=O)Nc1ccccc1. The van der Waals surface area contributed by atoms with Crippen LogP contribution in [-0.4, -0.2) is 11.4 Å². The molecule has 0 unspecified atom stereocenters. The van der Waals surface area contributed by atoms with E-state index >= 15 is 0 Å². The molecule has 0 fully saturated rings.